The molecular formula is C12H16OSi. The maximum atomic E-state index is 5.10. The fourth-order valence-electron chi connectivity index (χ4n) is 1.10. The predicted octanol–water partition coefficient (Wildman–Crippen LogP) is 3.16. The highest BCUT2D eigenvalue weighted by atomic mass is 28.2. The second-order valence-electron chi connectivity index (χ2n) is 3.06. The Hall–Kier alpha value is -0.863. The lowest BCUT2D eigenvalue weighted by molar-refractivity contribution is 0.304. The lowest BCUT2D eigenvalue weighted by atomic mass is 10.2. The van der Waals surface area contributed by atoms with Crippen molar-refractivity contribution in [1.82, 2.24) is 0 Å². The minimum atomic E-state index is 0.802. The molecule has 1 heterocycles. The highest BCUT2D eigenvalue weighted by Gasteiger charge is 1.97. The fraction of sp³-hybridized carbons (Fsp3) is 0.333. The first-order valence-corrected chi connectivity index (χ1v) is 6.07. The van der Waals surface area contributed by atoms with Crippen LogP contribution in [0.25, 0.3) is 6.08 Å². The Bertz CT molecular complexity index is 230. The molecule has 74 valence electrons. The summed E-state index contributed by atoms with van der Waals surface area (Å²) in [6.07, 6.45) is 4.51. The van der Waals surface area contributed by atoms with Gasteiger partial charge in [0.2, 0.25) is 9.76 Å². The Labute approximate surface area is 88.7 Å². The van der Waals surface area contributed by atoms with Crippen LogP contribution in [0.5, 0.6) is 0 Å². The van der Waals surface area contributed by atoms with Crippen LogP contribution in [0, 0.1) is 0 Å². The topological polar surface area (TPSA) is 9.23 Å². The molecule has 1 saturated heterocycles. The number of hydrogen-bond donors (Lipinski definition) is 0. The summed E-state index contributed by atoms with van der Waals surface area (Å²) < 4.78 is 5.10. The zero-order valence-electron chi connectivity index (χ0n) is 8.41. The van der Waals surface area contributed by atoms with E-state index in [0.717, 1.165) is 16.4 Å². The van der Waals surface area contributed by atoms with Gasteiger partial charge in [-0.05, 0) is 18.0 Å². The van der Waals surface area contributed by atoms with Crippen molar-refractivity contribution in [1.29, 1.82) is 0 Å². The summed E-state index contributed by atoms with van der Waals surface area (Å²) in [5, 5.41) is 0. The molecule has 1 aromatic carbocycles. The van der Waals surface area contributed by atoms with Crippen LogP contribution >= 0.6 is 0 Å². The number of hydrogen-bond acceptors (Lipinski definition) is 1. The van der Waals surface area contributed by atoms with Gasteiger partial charge >= 0.3 is 0 Å². The molecule has 0 aliphatic carbocycles. The first kappa shape index (κ1) is 11.2. The Morgan fingerprint density at radius 3 is 2.29 bits per heavy atom. The van der Waals surface area contributed by atoms with E-state index >= 15 is 0 Å². The van der Waals surface area contributed by atoms with Gasteiger partial charge < -0.3 is 4.43 Å². The van der Waals surface area contributed by atoms with Crippen LogP contribution in [0.1, 0.15) is 18.4 Å². The Kier molecular flexibility index (Phi) is 6.03. The SMILES string of the molecule is C1CC[Si]OC1.C=Cc1ccccc1. The van der Waals surface area contributed by atoms with Gasteiger partial charge in [-0.15, -0.1) is 0 Å². The van der Waals surface area contributed by atoms with Gasteiger partial charge in [0.15, 0.2) is 0 Å². The van der Waals surface area contributed by atoms with E-state index in [4.69, 9.17) is 4.43 Å². The molecule has 1 aliphatic rings. The third-order valence-electron chi connectivity index (χ3n) is 1.91. The van der Waals surface area contributed by atoms with Crippen molar-refractivity contribution >= 4 is 15.8 Å². The predicted molar refractivity (Wildman–Crippen MR) is 62.3 cm³/mol. The smallest absolute Gasteiger partial charge is 0.229 e. The zero-order valence-corrected chi connectivity index (χ0v) is 9.41. The second kappa shape index (κ2) is 7.53. The molecule has 2 radical (unpaired) electrons. The molecule has 1 fully saturated rings. The maximum Gasteiger partial charge on any atom is 0.229 e. The van der Waals surface area contributed by atoms with Crippen LogP contribution in [-0.4, -0.2) is 16.4 Å². The number of benzene rings is 1. The molecule has 0 saturated carbocycles. The van der Waals surface area contributed by atoms with Crippen molar-refractivity contribution in [2.75, 3.05) is 6.61 Å². The third kappa shape index (κ3) is 4.99. The first-order chi connectivity index (χ1) is 6.93. The molecule has 0 atom stereocenters. The van der Waals surface area contributed by atoms with Gasteiger partial charge in [0.25, 0.3) is 0 Å². The summed E-state index contributed by atoms with van der Waals surface area (Å²) in [6.45, 7) is 4.64. The van der Waals surface area contributed by atoms with Crippen molar-refractivity contribution in [2.24, 2.45) is 0 Å². The van der Waals surface area contributed by atoms with Crippen LogP contribution in [0.4, 0.5) is 0 Å². The molecule has 1 aromatic rings. The minimum absolute atomic E-state index is 0.802. The van der Waals surface area contributed by atoms with Crippen molar-refractivity contribution in [3.8, 4) is 0 Å². The monoisotopic (exact) mass is 204 g/mol. The average molecular weight is 204 g/mol. The summed E-state index contributed by atoms with van der Waals surface area (Å²) in [6, 6.07) is 11.3. The van der Waals surface area contributed by atoms with Gasteiger partial charge in [-0.25, -0.2) is 0 Å². The van der Waals surface area contributed by atoms with E-state index in [9.17, 15) is 0 Å². The molecule has 0 unspecified atom stereocenters. The van der Waals surface area contributed by atoms with E-state index in [0.29, 0.717) is 0 Å². The van der Waals surface area contributed by atoms with Crippen LogP contribution in [0.15, 0.2) is 36.9 Å². The lowest BCUT2D eigenvalue weighted by Crippen LogP contribution is -2.06. The van der Waals surface area contributed by atoms with Gasteiger partial charge in [0.05, 0.1) is 0 Å². The second-order valence-corrected chi connectivity index (χ2v) is 4.14. The third-order valence-corrected chi connectivity index (χ3v) is 2.88. The highest BCUT2D eigenvalue weighted by molar-refractivity contribution is 6.27. The van der Waals surface area contributed by atoms with Crippen LogP contribution < -0.4 is 0 Å². The van der Waals surface area contributed by atoms with Crippen LogP contribution in [-0.2, 0) is 4.43 Å². The van der Waals surface area contributed by atoms with E-state index in [-0.39, 0.29) is 0 Å². The van der Waals surface area contributed by atoms with Crippen LogP contribution in [0.2, 0.25) is 6.04 Å². The van der Waals surface area contributed by atoms with Gasteiger partial charge in [-0.2, -0.15) is 0 Å². The summed E-state index contributed by atoms with van der Waals surface area (Å²) >= 11 is 0. The Morgan fingerprint density at radius 2 is 2.00 bits per heavy atom. The molecule has 2 rings (SSSR count). The van der Waals surface area contributed by atoms with Crippen molar-refractivity contribution in [3.63, 3.8) is 0 Å². The Morgan fingerprint density at radius 1 is 1.21 bits per heavy atom. The fourth-order valence-corrected chi connectivity index (χ4v) is 1.93. The van der Waals surface area contributed by atoms with E-state index < -0.39 is 0 Å². The van der Waals surface area contributed by atoms with E-state index in [2.05, 4.69) is 6.58 Å². The summed E-state index contributed by atoms with van der Waals surface area (Å²) in [5.74, 6) is 0. The van der Waals surface area contributed by atoms with Gasteiger partial charge in [0.1, 0.15) is 0 Å². The van der Waals surface area contributed by atoms with E-state index in [1.807, 2.05) is 36.4 Å². The minimum Gasteiger partial charge on any atom is -0.417 e. The molecule has 1 nitrogen and oxygen atoms in total. The van der Waals surface area contributed by atoms with Crippen molar-refractivity contribution in [3.05, 3.63) is 42.5 Å². The standard InChI is InChI=1S/C8H8.C4H8OSi/c1-2-8-6-4-3-5-7-8;1-2-4-6-5-3-1/h2-7H,1H2;1-4H2. The summed E-state index contributed by atoms with van der Waals surface area (Å²) in [7, 11) is 0.802. The summed E-state index contributed by atoms with van der Waals surface area (Å²) in [5.41, 5.74) is 1.17. The van der Waals surface area contributed by atoms with Gasteiger partial charge in [-0.3, -0.25) is 0 Å². The molecule has 0 spiro atoms. The van der Waals surface area contributed by atoms with Gasteiger partial charge in [-0.1, -0.05) is 49.4 Å². The van der Waals surface area contributed by atoms with Gasteiger partial charge in [0, 0.05) is 6.61 Å². The first-order valence-electron chi connectivity index (χ1n) is 4.95. The normalized spacial score (nSPS) is 15.1. The molecule has 0 bridgehead atoms. The largest absolute Gasteiger partial charge is 0.417 e. The lowest BCUT2D eigenvalue weighted by Gasteiger charge is -2.06. The van der Waals surface area contributed by atoms with Crippen molar-refractivity contribution < 1.29 is 4.43 Å². The summed E-state index contributed by atoms with van der Waals surface area (Å²) in [4.78, 5) is 0. The van der Waals surface area contributed by atoms with E-state index in [1.165, 1.54) is 24.4 Å². The molecule has 14 heavy (non-hydrogen) atoms. The molecule has 0 amide bonds. The van der Waals surface area contributed by atoms with E-state index in [1.54, 1.807) is 0 Å². The molecule has 1 aliphatic heterocycles. The molecule has 0 N–H and O–H groups in total. The average Bonchev–Trinajstić information content (AvgIpc) is 2.33. The number of rotatable bonds is 1. The molecule has 0 aromatic heterocycles. The highest BCUT2D eigenvalue weighted by Crippen LogP contribution is 2.01. The van der Waals surface area contributed by atoms with Crippen LogP contribution in [0.3, 0.4) is 0 Å². The molecule has 2 heteroatoms. The van der Waals surface area contributed by atoms with Crippen molar-refractivity contribution in [2.45, 2.75) is 18.9 Å². The Balaban J connectivity index is 0.000000146. The molecular weight excluding hydrogens is 188 g/mol. The zero-order chi connectivity index (χ0) is 10.1. The maximum absolute atomic E-state index is 5.10. The quantitative estimate of drug-likeness (QED) is 0.638.